The molecule has 1 aliphatic carbocycles. The molecule has 1 aromatic rings. The third kappa shape index (κ3) is 3.91. The van der Waals surface area contributed by atoms with Gasteiger partial charge in [0, 0.05) is 19.0 Å². The van der Waals surface area contributed by atoms with Gasteiger partial charge < -0.3 is 10.1 Å². The number of nitrogens with one attached hydrogen (secondary N) is 1. The molecular weight excluding hydrogens is 258 g/mol. The van der Waals surface area contributed by atoms with Crippen LogP contribution in [0.25, 0.3) is 0 Å². The van der Waals surface area contributed by atoms with Crippen molar-refractivity contribution in [3.05, 3.63) is 5.82 Å². The molecule has 2 rings (SSSR count). The average Bonchev–Trinajstić information content (AvgIpc) is 2.74. The normalized spacial score (nSPS) is 23.4. The van der Waals surface area contributed by atoms with Crippen molar-refractivity contribution in [2.24, 2.45) is 7.05 Å². The summed E-state index contributed by atoms with van der Waals surface area (Å²) in [6.45, 7) is 5.60. The van der Waals surface area contributed by atoms with Gasteiger partial charge in [-0.2, -0.15) is 0 Å². The zero-order valence-electron chi connectivity index (χ0n) is 12.6. The number of carbonyl (C=O) groups excluding carboxylic acids is 1. The lowest BCUT2D eigenvalue weighted by molar-refractivity contribution is 0.0491. The molecule has 0 radical (unpaired) electrons. The van der Waals surface area contributed by atoms with E-state index in [1.54, 1.807) is 4.68 Å². The number of aryl methyl sites for hydroxylation is 1. The first-order valence-corrected chi connectivity index (χ1v) is 7.07. The molecule has 0 saturated heterocycles. The Kier molecular flexibility index (Phi) is 4.25. The number of hydrogen-bond acceptors (Lipinski definition) is 5. The van der Waals surface area contributed by atoms with Gasteiger partial charge in [-0.1, -0.05) is 0 Å². The zero-order chi connectivity index (χ0) is 14.8. The molecule has 1 aliphatic rings. The summed E-state index contributed by atoms with van der Waals surface area (Å²) < 4.78 is 7.00. The Morgan fingerprint density at radius 2 is 1.95 bits per heavy atom. The number of ether oxygens (including phenoxy) is 1. The number of nitrogens with zero attached hydrogens (tertiary/aromatic N) is 4. The minimum absolute atomic E-state index is 0.183. The van der Waals surface area contributed by atoms with E-state index in [4.69, 9.17) is 4.74 Å². The highest BCUT2D eigenvalue weighted by molar-refractivity contribution is 5.68. The first kappa shape index (κ1) is 14.7. The Labute approximate surface area is 119 Å². The summed E-state index contributed by atoms with van der Waals surface area (Å²) in [6, 6.07) is 0.183. The van der Waals surface area contributed by atoms with Crippen molar-refractivity contribution in [2.45, 2.75) is 64.0 Å². The molecule has 1 amide bonds. The van der Waals surface area contributed by atoms with Crippen LogP contribution in [0.1, 0.15) is 58.2 Å². The third-order valence-corrected chi connectivity index (χ3v) is 3.47. The van der Waals surface area contributed by atoms with E-state index in [-0.39, 0.29) is 12.1 Å². The van der Waals surface area contributed by atoms with Gasteiger partial charge in [0.2, 0.25) is 0 Å². The van der Waals surface area contributed by atoms with Crippen LogP contribution in [-0.4, -0.2) is 37.9 Å². The van der Waals surface area contributed by atoms with E-state index in [0.29, 0.717) is 5.92 Å². The molecule has 1 aromatic heterocycles. The predicted molar refractivity (Wildman–Crippen MR) is 73.2 cm³/mol. The van der Waals surface area contributed by atoms with Gasteiger partial charge in [-0.3, -0.25) is 0 Å². The number of alkyl carbamates (subject to hydrolysis) is 1. The SMILES string of the molecule is Cn1nnnc1C1CCC(NC(=O)OC(C)(C)C)CC1. The lowest BCUT2D eigenvalue weighted by Crippen LogP contribution is -2.40. The molecule has 1 fully saturated rings. The minimum atomic E-state index is -0.453. The van der Waals surface area contributed by atoms with Crippen LogP contribution in [0, 0.1) is 0 Å². The van der Waals surface area contributed by atoms with Crippen molar-refractivity contribution < 1.29 is 9.53 Å². The van der Waals surface area contributed by atoms with Gasteiger partial charge in [-0.15, -0.1) is 5.10 Å². The van der Waals surface area contributed by atoms with E-state index in [1.807, 2.05) is 27.8 Å². The lowest BCUT2D eigenvalue weighted by Gasteiger charge is -2.29. The molecule has 20 heavy (non-hydrogen) atoms. The minimum Gasteiger partial charge on any atom is -0.444 e. The number of carbonyl (C=O) groups is 1. The quantitative estimate of drug-likeness (QED) is 0.893. The maximum atomic E-state index is 11.7. The number of aromatic nitrogens is 4. The molecule has 0 bridgehead atoms. The molecule has 1 saturated carbocycles. The molecule has 112 valence electrons. The number of tetrazole rings is 1. The Bertz CT molecular complexity index is 458. The highest BCUT2D eigenvalue weighted by Crippen LogP contribution is 2.31. The van der Waals surface area contributed by atoms with Crippen LogP contribution in [-0.2, 0) is 11.8 Å². The largest absolute Gasteiger partial charge is 0.444 e. The summed E-state index contributed by atoms with van der Waals surface area (Å²) in [7, 11) is 1.86. The maximum absolute atomic E-state index is 11.7. The highest BCUT2D eigenvalue weighted by atomic mass is 16.6. The van der Waals surface area contributed by atoms with Crippen LogP contribution in [0.15, 0.2) is 0 Å². The van der Waals surface area contributed by atoms with Gasteiger partial charge >= 0.3 is 6.09 Å². The van der Waals surface area contributed by atoms with Gasteiger partial charge in [0.25, 0.3) is 0 Å². The summed E-state index contributed by atoms with van der Waals surface area (Å²) in [5, 5.41) is 14.5. The Balaban J connectivity index is 1.80. The number of hydrogen-bond donors (Lipinski definition) is 1. The first-order valence-electron chi connectivity index (χ1n) is 7.07. The van der Waals surface area contributed by atoms with Crippen LogP contribution in [0.4, 0.5) is 4.79 Å². The molecular formula is C13H23N5O2. The molecule has 0 spiro atoms. The molecule has 1 heterocycles. The topological polar surface area (TPSA) is 81.9 Å². The molecule has 7 heteroatoms. The van der Waals surface area contributed by atoms with Gasteiger partial charge in [0.05, 0.1) is 0 Å². The average molecular weight is 281 g/mol. The Morgan fingerprint density at radius 1 is 1.30 bits per heavy atom. The summed E-state index contributed by atoms with van der Waals surface area (Å²) in [4.78, 5) is 11.7. The van der Waals surface area contributed by atoms with E-state index in [2.05, 4.69) is 20.8 Å². The van der Waals surface area contributed by atoms with E-state index >= 15 is 0 Å². The highest BCUT2D eigenvalue weighted by Gasteiger charge is 2.27. The second kappa shape index (κ2) is 5.76. The van der Waals surface area contributed by atoms with E-state index in [0.717, 1.165) is 31.5 Å². The lowest BCUT2D eigenvalue weighted by atomic mass is 9.85. The van der Waals surface area contributed by atoms with Gasteiger partial charge in [-0.05, 0) is 56.9 Å². The summed E-state index contributed by atoms with van der Waals surface area (Å²) in [6.07, 6.45) is 3.48. The van der Waals surface area contributed by atoms with Gasteiger partial charge in [0.15, 0.2) is 5.82 Å². The Hall–Kier alpha value is -1.66. The molecule has 0 unspecified atom stereocenters. The summed E-state index contributed by atoms with van der Waals surface area (Å²) in [5.41, 5.74) is -0.453. The molecule has 0 atom stereocenters. The second-order valence-corrected chi connectivity index (χ2v) is 6.36. The van der Waals surface area contributed by atoms with Crippen molar-refractivity contribution >= 4 is 6.09 Å². The van der Waals surface area contributed by atoms with Crippen molar-refractivity contribution in [1.29, 1.82) is 0 Å². The predicted octanol–water partition coefficient (Wildman–Crippen LogP) is 1.76. The first-order chi connectivity index (χ1) is 9.35. The van der Waals surface area contributed by atoms with Crippen molar-refractivity contribution in [3.8, 4) is 0 Å². The number of amides is 1. The molecule has 0 aromatic carbocycles. The Morgan fingerprint density at radius 3 is 2.45 bits per heavy atom. The van der Waals surface area contributed by atoms with Crippen LogP contribution < -0.4 is 5.32 Å². The van der Waals surface area contributed by atoms with E-state index in [9.17, 15) is 4.79 Å². The third-order valence-electron chi connectivity index (χ3n) is 3.47. The molecule has 0 aliphatic heterocycles. The standard InChI is InChI=1S/C13H23N5O2/c1-13(2,3)20-12(19)14-10-7-5-9(6-8-10)11-15-16-17-18(11)4/h9-10H,5-8H2,1-4H3,(H,14,19). The fourth-order valence-corrected chi connectivity index (χ4v) is 2.55. The fraction of sp³-hybridized carbons (Fsp3) is 0.846. The zero-order valence-corrected chi connectivity index (χ0v) is 12.6. The van der Waals surface area contributed by atoms with Crippen LogP contribution in [0.2, 0.25) is 0 Å². The molecule has 7 nitrogen and oxygen atoms in total. The van der Waals surface area contributed by atoms with Crippen molar-refractivity contribution in [3.63, 3.8) is 0 Å². The summed E-state index contributed by atoms with van der Waals surface area (Å²) >= 11 is 0. The van der Waals surface area contributed by atoms with Crippen LogP contribution in [0.3, 0.4) is 0 Å². The molecule has 1 N–H and O–H groups in total. The monoisotopic (exact) mass is 281 g/mol. The van der Waals surface area contributed by atoms with E-state index in [1.165, 1.54) is 0 Å². The van der Waals surface area contributed by atoms with Crippen molar-refractivity contribution in [2.75, 3.05) is 0 Å². The van der Waals surface area contributed by atoms with Crippen LogP contribution >= 0.6 is 0 Å². The van der Waals surface area contributed by atoms with Crippen LogP contribution in [0.5, 0.6) is 0 Å². The van der Waals surface area contributed by atoms with Crippen molar-refractivity contribution in [1.82, 2.24) is 25.5 Å². The van der Waals surface area contributed by atoms with Gasteiger partial charge in [-0.25, -0.2) is 9.48 Å². The fourth-order valence-electron chi connectivity index (χ4n) is 2.55. The summed E-state index contributed by atoms with van der Waals surface area (Å²) in [5.74, 6) is 1.31. The smallest absolute Gasteiger partial charge is 0.407 e. The maximum Gasteiger partial charge on any atom is 0.407 e. The second-order valence-electron chi connectivity index (χ2n) is 6.36. The van der Waals surface area contributed by atoms with E-state index < -0.39 is 5.60 Å². The number of rotatable bonds is 2. The van der Waals surface area contributed by atoms with Gasteiger partial charge in [0.1, 0.15) is 5.60 Å².